The molecule has 5 atom stereocenters. The molecular formula is C84H189N15O16. The van der Waals surface area contributed by atoms with Gasteiger partial charge in [0.2, 0.25) is 29.5 Å². The lowest BCUT2D eigenvalue weighted by atomic mass is 9.95. The van der Waals surface area contributed by atoms with E-state index < -0.39 is 24.2 Å². The Morgan fingerprint density at radius 1 is 0.426 bits per heavy atom. The van der Waals surface area contributed by atoms with Gasteiger partial charge in [0.15, 0.2) is 0 Å². The van der Waals surface area contributed by atoms with Crippen LogP contribution in [0.25, 0.3) is 0 Å². The summed E-state index contributed by atoms with van der Waals surface area (Å²) in [5.41, 5.74) is 20.3. The second kappa shape index (κ2) is 151. The van der Waals surface area contributed by atoms with Gasteiger partial charge in [0.05, 0.1) is 0 Å². The molecule has 0 aromatic heterocycles. The average molecular weight is 1670 g/mol. The molecule has 0 aliphatic carbocycles. The molecule has 2 aliphatic heterocycles. The molecule has 2 aromatic rings. The highest BCUT2D eigenvalue weighted by molar-refractivity contribution is 5.96. The SMILES string of the molecule is C=O.C=O.C=O.C=O.C=O.C=O.C=O.C=O.C=O.C=O.CC(C)C.CC(C)O.CCC(C)C.CCC(C)C.CCC(C)C.CCC(C)C.CC[C@H](C)[C@H](NC(=O)[C@H](CC(C)C)N(C)C(=O)[C@@H]1CCCN1C(=O)[C@H](Cc1ccccc1)N(C)C(C)=O)C(=O)N1CCCCC1.CCc1ccccc1.CN.CN.CN.CN.N.N.N.N.N.N. The highest BCUT2D eigenvalue weighted by atomic mass is 16.3. The predicted molar refractivity (Wildman–Crippen MR) is 491 cm³/mol. The van der Waals surface area contributed by atoms with Gasteiger partial charge >= 0.3 is 0 Å². The molecule has 0 saturated carbocycles. The van der Waals surface area contributed by atoms with Crippen molar-refractivity contribution in [2.75, 3.05) is 61.9 Å². The van der Waals surface area contributed by atoms with Gasteiger partial charge < -0.3 is 138 Å². The minimum Gasteiger partial charge on any atom is -0.394 e. The number of benzene rings is 2. The van der Waals surface area contributed by atoms with Crippen molar-refractivity contribution in [1.29, 1.82) is 0 Å². The Balaban J connectivity index is -0.0000000442. The Bertz CT molecular complexity index is 1990. The maximum Gasteiger partial charge on any atom is 0.246 e. The van der Waals surface area contributed by atoms with Gasteiger partial charge in [-0.3, -0.25) is 24.0 Å². The fraction of sp³-hybridized carbons (Fsp3) is 0.679. The second-order valence-corrected chi connectivity index (χ2v) is 25.3. The molecule has 115 heavy (non-hydrogen) atoms. The first-order valence-corrected chi connectivity index (χ1v) is 37.2. The van der Waals surface area contributed by atoms with Gasteiger partial charge in [-0.15, -0.1) is 0 Å². The summed E-state index contributed by atoms with van der Waals surface area (Å²) >= 11 is 0. The van der Waals surface area contributed by atoms with Crippen LogP contribution in [0, 0.1) is 41.4 Å². The third kappa shape index (κ3) is 130. The first-order chi connectivity index (χ1) is 51.8. The van der Waals surface area contributed by atoms with Crippen LogP contribution in [0.15, 0.2) is 60.7 Å². The quantitative estimate of drug-likeness (QED) is 0.0659. The number of aliphatic hydroxyl groups is 1. The molecule has 0 spiro atoms. The van der Waals surface area contributed by atoms with Crippen LogP contribution in [0.2, 0.25) is 0 Å². The lowest BCUT2D eigenvalue weighted by Gasteiger charge is -2.37. The van der Waals surface area contributed by atoms with Gasteiger partial charge in [-0.25, -0.2) is 0 Å². The number of likely N-dealkylation sites (N-methyl/N-ethyl adjacent to an activating group) is 2. The smallest absolute Gasteiger partial charge is 0.246 e. The summed E-state index contributed by atoms with van der Waals surface area (Å²) in [6.45, 7) is 69.9. The summed E-state index contributed by atoms with van der Waals surface area (Å²) in [4.78, 5) is 154. The van der Waals surface area contributed by atoms with E-state index in [-0.39, 0.29) is 84.4 Å². The molecule has 31 heteroatoms. The Kier molecular flexibility index (Phi) is 229. The highest BCUT2D eigenvalue weighted by Crippen LogP contribution is 2.25. The molecule has 31 nitrogen and oxygen atoms in total. The summed E-state index contributed by atoms with van der Waals surface area (Å²) in [7, 11) is 9.25. The number of hydrogen-bond acceptors (Lipinski definition) is 26. The molecule has 696 valence electrons. The first kappa shape index (κ1) is 175. The summed E-state index contributed by atoms with van der Waals surface area (Å²) in [5, 5.41) is 11.1. The largest absolute Gasteiger partial charge is 0.394 e. The van der Waals surface area contributed by atoms with E-state index in [1.54, 1.807) is 32.8 Å². The number of amides is 5. The van der Waals surface area contributed by atoms with Crippen molar-refractivity contribution in [3.8, 4) is 0 Å². The van der Waals surface area contributed by atoms with Gasteiger partial charge in [-0.2, -0.15) is 0 Å². The number of aryl methyl sites for hydroxylation is 1. The molecule has 28 N–H and O–H groups in total. The number of nitrogens with zero attached hydrogens (tertiary/aromatic N) is 4. The zero-order valence-electron chi connectivity index (χ0n) is 79.0. The van der Waals surface area contributed by atoms with Crippen molar-refractivity contribution in [2.45, 2.75) is 273 Å². The first-order valence-electron chi connectivity index (χ1n) is 37.2. The Labute approximate surface area is 704 Å². The number of carbonyl (C=O) groups excluding carboxylic acids is 15. The molecule has 2 aromatic carbocycles. The van der Waals surface area contributed by atoms with Crippen LogP contribution < -0.4 is 65.2 Å². The number of hydrogen-bond donors (Lipinski definition) is 12. The second-order valence-electron chi connectivity index (χ2n) is 25.3. The molecule has 2 saturated heterocycles. The zero-order chi connectivity index (χ0) is 91.4. The fourth-order valence-corrected chi connectivity index (χ4v) is 7.16. The number of rotatable bonds is 18. The Morgan fingerprint density at radius 3 is 0.939 bits per heavy atom. The van der Waals surface area contributed by atoms with E-state index in [9.17, 15) is 24.0 Å². The van der Waals surface area contributed by atoms with E-state index in [0.717, 1.165) is 67.3 Å². The highest BCUT2D eigenvalue weighted by Gasteiger charge is 2.43. The molecule has 0 unspecified atom stereocenters. The average Bonchev–Trinajstić information content (AvgIpc) is 1.74. The van der Waals surface area contributed by atoms with Crippen LogP contribution >= 0.6 is 0 Å². The predicted octanol–water partition coefficient (Wildman–Crippen LogP) is 13.4. The van der Waals surface area contributed by atoms with Crippen LogP contribution in [0.1, 0.15) is 241 Å². The third-order valence-corrected chi connectivity index (χ3v) is 14.1. The van der Waals surface area contributed by atoms with Gasteiger partial charge in [-0.1, -0.05) is 231 Å². The monoisotopic (exact) mass is 1660 g/mol. The minimum atomic E-state index is -0.796. The number of likely N-dealkylation sites (tertiary alicyclic amines) is 2. The van der Waals surface area contributed by atoms with Crippen LogP contribution in [0.5, 0.6) is 0 Å². The van der Waals surface area contributed by atoms with E-state index in [4.69, 9.17) is 53.1 Å². The van der Waals surface area contributed by atoms with Crippen molar-refractivity contribution in [3.05, 3.63) is 71.8 Å². The van der Waals surface area contributed by atoms with Gasteiger partial charge in [0.1, 0.15) is 92.1 Å². The van der Waals surface area contributed by atoms with Crippen molar-refractivity contribution in [3.63, 3.8) is 0 Å². The lowest BCUT2D eigenvalue weighted by molar-refractivity contribution is -0.151. The number of piperidine rings is 1. The number of nitrogens with one attached hydrogen (secondary N) is 1. The van der Waals surface area contributed by atoms with E-state index in [2.05, 4.69) is 163 Å². The maximum absolute atomic E-state index is 14.1. The van der Waals surface area contributed by atoms with Crippen LogP contribution in [0.4, 0.5) is 0 Å². The van der Waals surface area contributed by atoms with Crippen molar-refractivity contribution >= 4 is 97.4 Å². The standard InChI is InChI=1S/C35H55N5O5.C8H10.4C5H12.C4H10.C3H8O.4CH5N.10CH2O.6H3N/c1-8-25(4)31(35(45)39-19-13-10-14-20-39)36-32(42)29(22-24(2)3)38(7)33(43)28-18-15-21-40(28)34(44)30(37(6)26(5)41)23-27-16-11-9-12-17-27;1-2-8-6-4-3-5-7-8;4*1-4-5(2)3;1-4(2)3;1-3(2)4;14*1-2;;;;;;/h9,11-12,16-17,24-25,28-31H,8,10,13-15,18-23H2,1-7H3,(H,36,42);3-7H,2H2,1H3;4*5H,4H2,1-3H3;4H,1-3H3;3-4H,1-2H3;4*2H2,1H3;10*1H2;6*1H3/t25-,28-,29-,30-,31-;;;;;;;;;;;;;;;;;;;;;;;;;;;/m0.........................../s1. The topological polar surface area (TPSA) is 615 Å². The van der Waals surface area contributed by atoms with Gasteiger partial charge in [0.25, 0.3) is 0 Å². The van der Waals surface area contributed by atoms with Crippen molar-refractivity contribution in [2.24, 2.45) is 64.4 Å². The number of nitrogens with two attached hydrogens (primary N) is 4. The molecule has 0 bridgehead atoms. The summed E-state index contributed by atoms with van der Waals surface area (Å²) in [6, 6.07) is 17.1. The van der Waals surface area contributed by atoms with E-state index >= 15 is 0 Å². The Morgan fingerprint density at radius 2 is 0.704 bits per heavy atom. The van der Waals surface area contributed by atoms with Gasteiger partial charge in [0, 0.05) is 53.2 Å². The zero-order valence-corrected chi connectivity index (χ0v) is 79.0. The van der Waals surface area contributed by atoms with Crippen molar-refractivity contribution < 1.29 is 77.0 Å². The molecule has 4 rings (SSSR count). The number of aliphatic hydroxyl groups excluding tert-OH is 1. The van der Waals surface area contributed by atoms with Crippen LogP contribution in [-0.4, -0.2) is 214 Å². The molecule has 0 radical (unpaired) electrons. The van der Waals surface area contributed by atoms with E-state index in [0.29, 0.717) is 45.3 Å². The van der Waals surface area contributed by atoms with Crippen LogP contribution in [-0.2, 0) is 84.8 Å². The third-order valence-electron chi connectivity index (χ3n) is 14.1. The van der Waals surface area contributed by atoms with Gasteiger partial charge in [-0.05, 0) is 140 Å². The minimum absolute atomic E-state index is 0. The van der Waals surface area contributed by atoms with Crippen LogP contribution in [0.3, 0.4) is 0 Å². The number of carbonyl (C=O) groups is 15. The molecule has 2 aliphatic rings. The molecular weight excluding hydrogens is 1480 g/mol. The summed E-state index contributed by atoms with van der Waals surface area (Å²) < 4.78 is 0. The normalized spacial score (nSPS) is 11.1. The Hall–Kier alpha value is -7.95. The van der Waals surface area contributed by atoms with E-state index in [1.807, 2.05) is 137 Å². The maximum atomic E-state index is 14.1. The lowest BCUT2D eigenvalue weighted by Crippen LogP contribution is -2.59. The molecule has 5 amide bonds. The van der Waals surface area contributed by atoms with E-state index in [1.165, 1.54) is 76.2 Å². The summed E-state index contributed by atoms with van der Waals surface area (Å²) in [6.07, 6.45) is 11.8. The molecule has 2 fully saturated rings. The van der Waals surface area contributed by atoms with Crippen molar-refractivity contribution in [1.82, 2.24) is 61.8 Å². The molecule has 2 heterocycles. The fourth-order valence-electron chi connectivity index (χ4n) is 7.16. The summed E-state index contributed by atoms with van der Waals surface area (Å²) in [5.74, 6) is 3.22.